The second-order valence-corrected chi connectivity index (χ2v) is 4.16. The summed E-state index contributed by atoms with van der Waals surface area (Å²) in [5.74, 6) is 0.209. The molecule has 20 heavy (non-hydrogen) atoms. The summed E-state index contributed by atoms with van der Waals surface area (Å²) in [5.41, 5.74) is 0.284. The van der Waals surface area contributed by atoms with Crippen molar-refractivity contribution < 1.29 is 23.4 Å². The number of nitriles is 1. The number of nitrogens with zero attached hydrogens (tertiary/aromatic N) is 3. The Bertz CT molecular complexity index is 457. The van der Waals surface area contributed by atoms with Gasteiger partial charge in [-0.15, -0.1) is 0 Å². The van der Waals surface area contributed by atoms with Gasteiger partial charge in [0.1, 0.15) is 11.9 Å². The van der Waals surface area contributed by atoms with E-state index in [0.717, 1.165) is 0 Å². The van der Waals surface area contributed by atoms with Crippen molar-refractivity contribution in [3.63, 3.8) is 0 Å². The summed E-state index contributed by atoms with van der Waals surface area (Å²) in [6, 6.07) is 4.68. The molecule has 0 radical (unpaired) electrons. The Balaban J connectivity index is 2.82. The second-order valence-electron chi connectivity index (χ2n) is 4.16. The molecule has 0 spiro atoms. The lowest BCUT2D eigenvalue weighted by Crippen LogP contribution is -2.37. The van der Waals surface area contributed by atoms with Crippen LogP contribution in [0.2, 0.25) is 0 Å². The molecule has 1 rings (SSSR count). The van der Waals surface area contributed by atoms with E-state index in [4.69, 9.17) is 10.4 Å². The van der Waals surface area contributed by atoms with E-state index in [-0.39, 0.29) is 24.5 Å². The molecule has 0 bridgehead atoms. The molecule has 5 nitrogen and oxygen atoms in total. The van der Waals surface area contributed by atoms with Crippen LogP contribution in [-0.2, 0) is 0 Å². The Morgan fingerprint density at radius 1 is 1.40 bits per heavy atom. The molecule has 0 saturated carbocycles. The molecular weight excluding hydrogens is 275 g/mol. The number of hydrogen-bond acceptors (Lipinski definition) is 5. The molecule has 1 heterocycles. The maximum atomic E-state index is 12.3. The van der Waals surface area contributed by atoms with Gasteiger partial charge in [0.2, 0.25) is 0 Å². The van der Waals surface area contributed by atoms with Crippen LogP contribution in [0.3, 0.4) is 0 Å². The Morgan fingerprint density at radius 3 is 2.55 bits per heavy atom. The lowest BCUT2D eigenvalue weighted by Gasteiger charge is -2.26. The first kappa shape index (κ1) is 16.2. The molecule has 1 atom stereocenters. The maximum Gasteiger partial charge on any atom is 0.390 e. The zero-order valence-corrected chi connectivity index (χ0v) is 10.5. The number of anilines is 1. The molecular formula is C12H14F3N3O2. The Morgan fingerprint density at radius 2 is 2.10 bits per heavy atom. The van der Waals surface area contributed by atoms with Crippen LogP contribution in [0.1, 0.15) is 12.0 Å². The van der Waals surface area contributed by atoms with Gasteiger partial charge in [0, 0.05) is 19.3 Å². The smallest absolute Gasteiger partial charge is 0.390 e. The van der Waals surface area contributed by atoms with Crippen molar-refractivity contribution in [2.45, 2.75) is 18.7 Å². The van der Waals surface area contributed by atoms with Crippen LogP contribution >= 0.6 is 0 Å². The summed E-state index contributed by atoms with van der Waals surface area (Å²) in [6.45, 7) is -1.12. The highest BCUT2D eigenvalue weighted by Crippen LogP contribution is 2.21. The van der Waals surface area contributed by atoms with Gasteiger partial charge in [0.05, 0.1) is 24.7 Å². The quantitative estimate of drug-likeness (QED) is 0.818. The van der Waals surface area contributed by atoms with E-state index in [1.807, 2.05) is 6.07 Å². The van der Waals surface area contributed by atoms with E-state index in [0.29, 0.717) is 0 Å². The van der Waals surface area contributed by atoms with Crippen LogP contribution in [0.15, 0.2) is 18.3 Å². The fourth-order valence-corrected chi connectivity index (χ4v) is 1.51. The molecule has 0 aliphatic rings. The second kappa shape index (κ2) is 7.07. The number of alkyl halides is 3. The third kappa shape index (κ3) is 5.42. The monoisotopic (exact) mass is 289 g/mol. The highest BCUT2D eigenvalue weighted by molar-refractivity contribution is 5.42. The minimum absolute atomic E-state index is 0.175. The number of aromatic nitrogens is 1. The molecule has 0 aliphatic heterocycles. The lowest BCUT2D eigenvalue weighted by molar-refractivity contribution is -0.132. The van der Waals surface area contributed by atoms with Crippen molar-refractivity contribution in [2.75, 3.05) is 24.6 Å². The van der Waals surface area contributed by atoms with E-state index in [1.165, 1.54) is 23.2 Å². The summed E-state index contributed by atoms with van der Waals surface area (Å²) in [5, 5.41) is 26.8. The first-order valence-corrected chi connectivity index (χ1v) is 5.82. The molecule has 1 aromatic rings. The van der Waals surface area contributed by atoms with E-state index in [9.17, 15) is 18.3 Å². The summed E-state index contributed by atoms with van der Waals surface area (Å²) in [7, 11) is 0. The minimum atomic E-state index is -4.32. The van der Waals surface area contributed by atoms with Crippen molar-refractivity contribution in [1.29, 1.82) is 5.26 Å². The number of aliphatic hydroxyl groups excluding tert-OH is 2. The van der Waals surface area contributed by atoms with Gasteiger partial charge in [-0.3, -0.25) is 0 Å². The summed E-state index contributed by atoms with van der Waals surface area (Å²) >= 11 is 0. The minimum Gasteiger partial charge on any atom is -0.394 e. The fourth-order valence-electron chi connectivity index (χ4n) is 1.51. The predicted octanol–water partition coefficient (Wildman–Crippen LogP) is 1.07. The highest BCUT2D eigenvalue weighted by Gasteiger charge is 2.28. The van der Waals surface area contributed by atoms with Gasteiger partial charge in [-0.25, -0.2) is 4.98 Å². The van der Waals surface area contributed by atoms with Crippen LogP contribution in [-0.4, -0.2) is 47.2 Å². The molecule has 0 amide bonds. The van der Waals surface area contributed by atoms with E-state index < -0.39 is 25.3 Å². The number of halogens is 3. The average molecular weight is 289 g/mol. The number of rotatable bonds is 6. The summed E-state index contributed by atoms with van der Waals surface area (Å²) in [6.07, 6.45) is -5.32. The van der Waals surface area contributed by atoms with Gasteiger partial charge in [-0.1, -0.05) is 0 Å². The van der Waals surface area contributed by atoms with Crippen molar-refractivity contribution in [2.24, 2.45) is 0 Å². The normalized spacial score (nSPS) is 12.8. The van der Waals surface area contributed by atoms with Crippen molar-refractivity contribution in [3.8, 4) is 6.07 Å². The molecule has 8 heteroatoms. The molecule has 0 fully saturated rings. The Kier molecular flexibility index (Phi) is 5.73. The third-order valence-electron chi connectivity index (χ3n) is 2.51. The topological polar surface area (TPSA) is 80.4 Å². The van der Waals surface area contributed by atoms with Crippen molar-refractivity contribution in [1.82, 2.24) is 4.98 Å². The third-order valence-corrected chi connectivity index (χ3v) is 2.51. The highest BCUT2D eigenvalue weighted by atomic mass is 19.4. The number of aliphatic hydroxyl groups is 2. The first-order valence-electron chi connectivity index (χ1n) is 5.82. The fraction of sp³-hybridized carbons (Fsp3) is 0.500. The molecule has 0 aliphatic carbocycles. The van der Waals surface area contributed by atoms with Crippen molar-refractivity contribution >= 4 is 5.82 Å². The van der Waals surface area contributed by atoms with E-state index >= 15 is 0 Å². The van der Waals surface area contributed by atoms with E-state index in [2.05, 4.69) is 4.98 Å². The van der Waals surface area contributed by atoms with Crippen molar-refractivity contribution in [3.05, 3.63) is 23.9 Å². The first-order chi connectivity index (χ1) is 9.35. The molecule has 110 valence electrons. The Hall–Kier alpha value is -1.85. The van der Waals surface area contributed by atoms with Gasteiger partial charge in [-0.05, 0) is 12.1 Å². The molecule has 0 unspecified atom stereocenters. The van der Waals surface area contributed by atoms with Crippen LogP contribution in [0.25, 0.3) is 0 Å². The number of pyridine rings is 1. The molecule has 0 saturated heterocycles. The largest absolute Gasteiger partial charge is 0.394 e. The van der Waals surface area contributed by atoms with Gasteiger partial charge >= 0.3 is 6.18 Å². The maximum absolute atomic E-state index is 12.3. The van der Waals surface area contributed by atoms with E-state index in [1.54, 1.807) is 0 Å². The lowest BCUT2D eigenvalue weighted by atomic mass is 10.2. The summed E-state index contributed by atoms with van der Waals surface area (Å²) < 4.78 is 36.8. The van der Waals surface area contributed by atoms with Gasteiger partial charge in [-0.2, -0.15) is 18.4 Å². The van der Waals surface area contributed by atoms with Gasteiger partial charge in [0.25, 0.3) is 0 Å². The zero-order chi connectivity index (χ0) is 15.2. The van der Waals surface area contributed by atoms with Crippen LogP contribution < -0.4 is 4.90 Å². The number of hydrogen-bond donors (Lipinski definition) is 2. The average Bonchev–Trinajstić information content (AvgIpc) is 2.42. The SMILES string of the molecule is N#Cc1ccc(N(CCC(F)(F)F)C[C@H](O)CO)nc1. The van der Waals surface area contributed by atoms with Crippen LogP contribution in [0.5, 0.6) is 0 Å². The standard InChI is InChI=1S/C12H14F3N3O2/c13-12(14,15)3-4-18(7-10(20)8-19)11-2-1-9(5-16)6-17-11/h1-2,6,10,19-20H,3-4,7-8H2/t10-/m0/s1. The zero-order valence-electron chi connectivity index (χ0n) is 10.5. The van der Waals surface area contributed by atoms with Gasteiger partial charge in [0.15, 0.2) is 0 Å². The predicted molar refractivity (Wildman–Crippen MR) is 64.9 cm³/mol. The Labute approximate surface area is 113 Å². The molecule has 0 aromatic carbocycles. The van der Waals surface area contributed by atoms with Crippen LogP contribution in [0, 0.1) is 11.3 Å². The molecule has 2 N–H and O–H groups in total. The van der Waals surface area contributed by atoms with Crippen LogP contribution in [0.4, 0.5) is 19.0 Å². The summed E-state index contributed by atoms with van der Waals surface area (Å²) in [4.78, 5) is 5.10. The van der Waals surface area contributed by atoms with Gasteiger partial charge < -0.3 is 15.1 Å². The molecule has 1 aromatic heterocycles.